The molecule has 3 atom stereocenters. The lowest BCUT2D eigenvalue weighted by Gasteiger charge is -2.40. The van der Waals surface area contributed by atoms with Crippen LogP contribution in [-0.2, 0) is 11.2 Å². The Labute approximate surface area is 209 Å². The highest BCUT2D eigenvalue weighted by Gasteiger charge is 2.37. The second-order valence-electron chi connectivity index (χ2n) is 9.28. The maximum absolute atomic E-state index is 14.0. The van der Waals surface area contributed by atoms with E-state index in [0.29, 0.717) is 37.4 Å². The van der Waals surface area contributed by atoms with Gasteiger partial charge < -0.3 is 29.3 Å². The molecule has 0 unspecified atom stereocenters. The number of imidazole rings is 1. The lowest BCUT2D eigenvalue weighted by molar-refractivity contribution is -0.0286. The molecule has 9 nitrogen and oxygen atoms in total. The Balaban J connectivity index is 1.51. The van der Waals surface area contributed by atoms with E-state index in [1.165, 1.54) is 4.90 Å². The smallest absolute Gasteiger partial charge is 0.407 e. The van der Waals surface area contributed by atoms with Crippen LogP contribution in [0.15, 0.2) is 67.0 Å². The van der Waals surface area contributed by atoms with Crippen molar-refractivity contribution in [1.82, 2.24) is 19.4 Å². The molecule has 2 aliphatic rings. The van der Waals surface area contributed by atoms with E-state index < -0.39 is 12.2 Å². The van der Waals surface area contributed by atoms with Crippen LogP contribution in [0.3, 0.4) is 0 Å². The average molecular weight is 491 g/mol. The van der Waals surface area contributed by atoms with Crippen molar-refractivity contribution in [3.05, 3.63) is 78.2 Å². The topological polar surface area (TPSA) is 108 Å². The largest absolute Gasteiger partial charge is 0.465 e. The van der Waals surface area contributed by atoms with Crippen molar-refractivity contribution >= 4 is 12.0 Å². The number of hydrogen-bond donors (Lipinski definition) is 2. The summed E-state index contributed by atoms with van der Waals surface area (Å²) in [7, 11) is 0. The van der Waals surface area contributed by atoms with Crippen LogP contribution in [0.5, 0.6) is 0 Å². The van der Waals surface area contributed by atoms with E-state index in [1.807, 2.05) is 65.2 Å². The number of carboxylic acid groups (broad SMARTS) is 1. The van der Waals surface area contributed by atoms with Crippen LogP contribution in [-0.4, -0.2) is 86.6 Å². The molecule has 0 aliphatic carbocycles. The highest BCUT2D eigenvalue weighted by molar-refractivity contribution is 5.98. The first-order chi connectivity index (χ1) is 17.5. The van der Waals surface area contributed by atoms with E-state index >= 15 is 0 Å². The quantitative estimate of drug-likeness (QED) is 0.569. The minimum atomic E-state index is -0.985. The number of aromatic nitrogens is 2. The van der Waals surface area contributed by atoms with Gasteiger partial charge in [0.2, 0.25) is 0 Å². The molecule has 36 heavy (non-hydrogen) atoms. The Morgan fingerprint density at radius 1 is 1.03 bits per heavy atom. The lowest BCUT2D eigenvalue weighted by atomic mass is 10.0. The van der Waals surface area contributed by atoms with E-state index in [-0.39, 0.29) is 37.6 Å². The van der Waals surface area contributed by atoms with Crippen molar-refractivity contribution < 1.29 is 24.5 Å². The third-order valence-corrected chi connectivity index (χ3v) is 7.02. The number of rotatable bonds is 5. The number of ether oxygens (including phenoxy) is 1. The van der Waals surface area contributed by atoms with E-state index in [1.54, 1.807) is 11.2 Å². The molecule has 5 rings (SSSR count). The summed E-state index contributed by atoms with van der Waals surface area (Å²) in [6.07, 6.45) is 1.06. The molecule has 2 amide bonds. The van der Waals surface area contributed by atoms with Crippen molar-refractivity contribution in [2.75, 3.05) is 32.8 Å². The lowest BCUT2D eigenvalue weighted by Crippen LogP contribution is -2.57. The second kappa shape index (κ2) is 10.5. The third-order valence-electron chi connectivity index (χ3n) is 7.02. The maximum Gasteiger partial charge on any atom is 0.407 e. The van der Waals surface area contributed by atoms with Crippen LogP contribution in [0.2, 0.25) is 0 Å². The first-order valence-corrected chi connectivity index (χ1v) is 12.2. The van der Waals surface area contributed by atoms with Gasteiger partial charge in [-0.2, -0.15) is 0 Å². The molecule has 2 N–H and O–H groups in total. The van der Waals surface area contributed by atoms with Gasteiger partial charge in [0.25, 0.3) is 5.91 Å². The van der Waals surface area contributed by atoms with Gasteiger partial charge in [0, 0.05) is 31.8 Å². The van der Waals surface area contributed by atoms with Crippen LogP contribution < -0.4 is 0 Å². The molecule has 0 bridgehead atoms. The van der Waals surface area contributed by atoms with E-state index in [4.69, 9.17) is 4.74 Å². The van der Waals surface area contributed by atoms with Crippen LogP contribution >= 0.6 is 0 Å². The van der Waals surface area contributed by atoms with Crippen molar-refractivity contribution in [3.63, 3.8) is 0 Å². The summed E-state index contributed by atoms with van der Waals surface area (Å²) in [5.41, 5.74) is 2.78. The summed E-state index contributed by atoms with van der Waals surface area (Å²) in [5, 5.41) is 20.3. The Kier molecular flexibility index (Phi) is 7.02. The zero-order valence-electron chi connectivity index (χ0n) is 19.9. The fourth-order valence-corrected chi connectivity index (χ4v) is 5.12. The van der Waals surface area contributed by atoms with E-state index in [9.17, 15) is 19.8 Å². The van der Waals surface area contributed by atoms with Gasteiger partial charge in [-0.1, -0.05) is 60.7 Å². The summed E-state index contributed by atoms with van der Waals surface area (Å²) in [6.45, 7) is 1.57. The van der Waals surface area contributed by atoms with Crippen LogP contribution in [0.25, 0.3) is 11.3 Å². The summed E-state index contributed by atoms with van der Waals surface area (Å²) >= 11 is 0. The van der Waals surface area contributed by atoms with E-state index in [0.717, 1.165) is 11.1 Å². The predicted octanol–water partition coefficient (Wildman–Crippen LogP) is 2.92. The number of carbonyl (C=O) groups is 2. The molecule has 3 aromatic rings. The molecule has 0 radical (unpaired) electrons. The highest BCUT2D eigenvalue weighted by Crippen LogP contribution is 2.32. The first kappa shape index (κ1) is 24.0. The summed E-state index contributed by atoms with van der Waals surface area (Å²) in [5.74, 6) is -0.246. The number of aliphatic hydroxyl groups is 1. The number of benzene rings is 2. The van der Waals surface area contributed by atoms with Gasteiger partial charge in [0.15, 0.2) is 5.69 Å². The third kappa shape index (κ3) is 4.84. The molecule has 0 spiro atoms. The maximum atomic E-state index is 14.0. The number of hydrogen-bond acceptors (Lipinski definition) is 5. The molecule has 188 valence electrons. The molecule has 0 saturated carbocycles. The van der Waals surface area contributed by atoms with Gasteiger partial charge in [0.1, 0.15) is 0 Å². The van der Waals surface area contributed by atoms with Crippen molar-refractivity contribution in [2.24, 2.45) is 0 Å². The fourth-order valence-electron chi connectivity index (χ4n) is 5.12. The van der Waals surface area contributed by atoms with Gasteiger partial charge in [-0.05, 0) is 18.4 Å². The minimum Gasteiger partial charge on any atom is -0.465 e. The molecule has 2 saturated heterocycles. The van der Waals surface area contributed by atoms with Crippen molar-refractivity contribution in [1.29, 1.82) is 0 Å². The van der Waals surface area contributed by atoms with E-state index in [2.05, 4.69) is 4.98 Å². The minimum absolute atomic E-state index is 0.229. The van der Waals surface area contributed by atoms with Gasteiger partial charge in [-0.3, -0.25) is 4.79 Å². The number of amides is 2. The first-order valence-electron chi connectivity index (χ1n) is 12.2. The van der Waals surface area contributed by atoms with Crippen LogP contribution in [0.1, 0.15) is 28.5 Å². The van der Waals surface area contributed by atoms with Crippen molar-refractivity contribution in [2.45, 2.75) is 31.0 Å². The molecular formula is C27H30N4O5. The molecule has 2 aromatic carbocycles. The predicted molar refractivity (Wildman–Crippen MR) is 133 cm³/mol. The standard InChI is InChI=1S/C27H30N4O5/c32-23-11-14-36-17-22(23)31-18-28-24(25(31)20-9-5-2-6-10-20)26(33)30-13-12-29(27(34)35)16-21(30)15-19-7-3-1-4-8-19/h1-10,18,21-23,32H,11-17H2,(H,34,35)/t21-,22+,23+/m1/s1. The van der Waals surface area contributed by atoms with Crippen LogP contribution in [0.4, 0.5) is 4.79 Å². The zero-order chi connectivity index (χ0) is 25.1. The number of carbonyl (C=O) groups excluding carboxylic acids is 1. The van der Waals surface area contributed by atoms with Gasteiger partial charge >= 0.3 is 6.09 Å². The highest BCUT2D eigenvalue weighted by atomic mass is 16.5. The Morgan fingerprint density at radius 2 is 1.75 bits per heavy atom. The molecular weight excluding hydrogens is 460 g/mol. The summed E-state index contributed by atoms with van der Waals surface area (Å²) in [4.78, 5) is 33.4. The molecule has 2 aliphatic heterocycles. The second-order valence-corrected chi connectivity index (χ2v) is 9.28. The van der Waals surface area contributed by atoms with Gasteiger partial charge in [-0.25, -0.2) is 9.78 Å². The monoisotopic (exact) mass is 490 g/mol. The normalized spacial score (nSPS) is 22.4. The average Bonchev–Trinajstić information content (AvgIpc) is 3.34. The molecule has 3 heterocycles. The van der Waals surface area contributed by atoms with Gasteiger partial charge in [0.05, 0.1) is 36.8 Å². The Bertz CT molecular complexity index is 1200. The Morgan fingerprint density at radius 3 is 2.44 bits per heavy atom. The number of aliphatic hydroxyl groups excluding tert-OH is 1. The number of nitrogens with zero attached hydrogens (tertiary/aromatic N) is 4. The summed E-state index contributed by atoms with van der Waals surface area (Å²) < 4.78 is 7.49. The molecule has 9 heteroatoms. The zero-order valence-corrected chi connectivity index (χ0v) is 19.9. The van der Waals surface area contributed by atoms with Crippen molar-refractivity contribution in [3.8, 4) is 11.3 Å². The van der Waals surface area contributed by atoms with Gasteiger partial charge in [-0.15, -0.1) is 0 Å². The Hall–Kier alpha value is -3.69. The molecule has 2 fully saturated rings. The summed E-state index contributed by atoms with van der Waals surface area (Å²) in [6, 6.07) is 18.6. The number of piperazine rings is 1. The van der Waals surface area contributed by atoms with Crippen LogP contribution in [0, 0.1) is 0 Å². The SMILES string of the molecule is O=C(O)N1CCN(C(=O)c2ncn([C@H]3COCC[C@@H]3O)c2-c2ccccc2)[C@H](Cc2ccccc2)C1. The molecule has 1 aromatic heterocycles. The fraction of sp³-hybridized carbons (Fsp3) is 0.370.